The molecule has 0 bridgehead atoms. The summed E-state index contributed by atoms with van der Waals surface area (Å²) in [6.07, 6.45) is -0.0780. The summed E-state index contributed by atoms with van der Waals surface area (Å²) in [5.74, 6) is -0.571. The maximum atomic E-state index is 12.9. The topological polar surface area (TPSA) is 61.8 Å². The first-order valence-corrected chi connectivity index (χ1v) is 8.37. The third kappa shape index (κ3) is 4.59. The van der Waals surface area contributed by atoms with Crippen LogP contribution in [-0.4, -0.2) is 18.5 Å². The van der Waals surface area contributed by atoms with Crippen LogP contribution < -0.4 is 4.74 Å². The fourth-order valence-electron chi connectivity index (χ4n) is 2.59. The lowest BCUT2D eigenvalue weighted by molar-refractivity contribution is -0.145. The molecule has 0 aliphatic carbocycles. The van der Waals surface area contributed by atoms with Crippen LogP contribution in [0.25, 0.3) is 0 Å². The number of fused-ring (bicyclic) bond motifs is 1. The molecule has 26 heavy (non-hydrogen) atoms. The second-order valence-corrected chi connectivity index (χ2v) is 6.19. The van der Waals surface area contributed by atoms with Crippen molar-refractivity contribution >= 4 is 23.4 Å². The third-order valence-corrected chi connectivity index (χ3v) is 4.08. The highest BCUT2D eigenvalue weighted by molar-refractivity contribution is 6.30. The molecule has 0 saturated heterocycles. The minimum atomic E-state index is -0.513. The number of esters is 1. The fraction of sp³-hybridized carbons (Fsp3) is 0.263. The lowest BCUT2D eigenvalue weighted by Gasteiger charge is -2.21. The Labute approximate surface area is 154 Å². The molecule has 3 rings (SSSR count). The Balaban J connectivity index is 1.54. The number of rotatable bonds is 6. The minimum Gasteiger partial charge on any atom is -0.467 e. The molecule has 1 aliphatic rings. The number of ketones is 1. The molecule has 0 saturated carbocycles. The van der Waals surface area contributed by atoms with Gasteiger partial charge in [0.15, 0.2) is 12.6 Å². The van der Waals surface area contributed by atoms with Crippen molar-refractivity contribution in [1.29, 1.82) is 0 Å². The van der Waals surface area contributed by atoms with E-state index in [9.17, 15) is 14.0 Å². The van der Waals surface area contributed by atoms with Gasteiger partial charge in [0.1, 0.15) is 18.2 Å². The largest absolute Gasteiger partial charge is 0.467 e. The lowest BCUT2D eigenvalue weighted by Crippen LogP contribution is -2.14. The molecule has 0 spiro atoms. The summed E-state index contributed by atoms with van der Waals surface area (Å²) in [6, 6.07) is 8.60. The monoisotopic (exact) mass is 378 g/mol. The predicted octanol–water partition coefficient (Wildman–Crippen LogP) is 4.05. The van der Waals surface area contributed by atoms with E-state index in [0.717, 1.165) is 5.56 Å². The smallest absolute Gasteiger partial charge is 0.306 e. The summed E-state index contributed by atoms with van der Waals surface area (Å²) in [5, 5.41) is 0.496. The predicted molar refractivity (Wildman–Crippen MR) is 91.5 cm³/mol. The molecule has 0 fully saturated rings. The van der Waals surface area contributed by atoms with E-state index in [2.05, 4.69) is 0 Å². The zero-order valence-corrected chi connectivity index (χ0v) is 14.6. The Morgan fingerprint density at radius 1 is 1.15 bits per heavy atom. The van der Waals surface area contributed by atoms with E-state index in [1.807, 2.05) is 0 Å². The maximum Gasteiger partial charge on any atom is 0.306 e. The van der Waals surface area contributed by atoms with E-state index in [0.29, 0.717) is 28.5 Å². The van der Waals surface area contributed by atoms with Crippen LogP contribution in [0.4, 0.5) is 4.39 Å². The van der Waals surface area contributed by atoms with Crippen molar-refractivity contribution in [3.05, 3.63) is 63.9 Å². The first-order chi connectivity index (χ1) is 12.5. The highest BCUT2D eigenvalue weighted by atomic mass is 35.5. The van der Waals surface area contributed by atoms with Crippen molar-refractivity contribution in [2.45, 2.75) is 26.1 Å². The molecule has 2 aromatic rings. The molecule has 5 nitrogen and oxygen atoms in total. The molecule has 0 atom stereocenters. The number of benzene rings is 2. The van der Waals surface area contributed by atoms with Crippen LogP contribution in [0.5, 0.6) is 5.75 Å². The molecule has 0 radical (unpaired) electrons. The number of hydrogen-bond acceptors (Lipinski definition) is 5. The van der Waals surface area contributed by atoms with Crippen molar-refractivity contribution < 1.29 is 28.2 Å². The van der Waals surface area contributed by atoms with Crippen molar-refractivity contribution in [2.75, 3.05) is 6.79 Å². The molecule has 1 heterocycles. The zero-order valence-electron chi connectivity index (χ0n) is 13.8. The van der Waals surface area contributed by atoms with Gasteiger partial charge in [-0.05, 0) is 36.4 Å². The molecule has 7 heteroatoms. The molecule has 1 aliphatic heterocycles. The van der Waals surface area contributed by atoms with Gasteiger partial charge in [-0.3, -0.25) is 9.59 Å². The van der Waals surface area contributed by atoms with E-state index < -0.39 is 11.8 Å². The van der Waals surface area contributed by atoms with Gasteiger partial charge in [-0.25, -0.2) is 4.39 Å². The molecular weight excluding hydrogens is 363 g/mol. The molecule has 0 unspecified atom stereocenters. The van der Waals surface area contributed by atoms with Crippen molar-refractivity contribution in [3.8, 4) is 5.75 Å². The second-order valence-electron chi connectivity index (χ2n) is 5.75. The Morgan fingerprint density at radius 2 is 1.92 bits per heavy atom. The average molecular weight is 379 g/mol. The lowest BCUT2D eigenvalue weighted by atomic mass is 10.1. The summed E-state index contributed by atoms with van der Waals surface area (Å²) in [5.41, 5.74) is 1.80. The van der Waals surface area contributed by atoms with Gasteiger partial charge in [0, 0.05) is 28.1 Å². The average Bonchev–Trinajstić information content (AvgIpc) is 2.64. The van der Waals surface area contributed by atoms with Crippen molar-refractivity contribution in [3.63, 3.8) is 0 Å². The van der Waals surface area contributed by atoms with Gasteiger partial charge in [-0.15, -0.1) is 0 Å². The summed E-state index contributed by atoms with van der Waals surface area (Å²) >= 11 is 6.06. The fourth-order valence-corrected chi connectivity index (χ4v) is 2.85. The third-order valence-electron chi connectivity index (χ3n) is 3.86. The standard InChI is InChI=1S/C19H16ClFO5/c20-15-7-13-9-24-11-26-19(13)14(8-15)10-25-18(23)6-5-17(22)12-1-3-16(21)4-2-12/h1-4,7-8H,5-6,9-11H2. The Bertz CT molecular complexity index is 819. The van der Waals surface area contributed by atoms with Crippen LogP contribution in [0.1, 0.15) is 34.3 Å². The summed E-state index contributed by atoms with van der Waals surface area (Å²) in [4.78, 5) is 23.9. The zero-order chi connectivity index (χ0) is 18.5. The first kappa shape index (κ1) is 18.4. The van der Waals surface area contributed by atoms with Crippen LogP contribution in [0.2, 0.25) is 5.02 Å². The van der Waals surface area contributed by atoms with Crippen molar-refractivity contribution in [2.24, 2.45) is 0 Å². The van der Waals surface area contributed by atoms with Gasteiger partial charge in [-0.1, -0.05) is 11.6 Å². The normalized spacial score (nSPS) is 12.8. The number of ether oxygens (including phenoxy) is 3. The van der Waals surface area contributed by atoms with Gasteiger partial charge in [-0.2, -0.15) is 0 Å². The van der Waals surface area contributed by atoms with Crippen LogP contribution in [0.15, 0.2) is 36.4 Å². The number of Topliss-reactive ketones (excluding diaryl/α,β-unsaturated/α-hetero) is 1. The number of carbonyl (C=O) groups is 2. The molecule has 0 aromatic heterocycles. The Morgan fingerprint density at radius 3 is 2.69 bits per heavy atom. The Hall–Kier alpha value is -2.44. The van der Waals surface area contributed by atoms with E-state index in [1.165, 1.54) is 24.3 Å². The highest BCUT2D eigenvalue weighted by Crippen LogP contribution is 2.32. The summed E-state index contributed by atoms with van der Waals surface area (Å²) in [6.45, 7) is 0.497. The van der Waals surface area contributed by atoms with Crippen LogP contribution in [-0.2, 0) is 27.5 Å². The summed E-state index contributed by atoms with van der Waals surface area (Å²) < 4.78 is 28.7. The van der Waals surface area contributed by atoms with Crippen LogP contribution >= 0.6 is 11.6 Å². The van der Waals surface area contributed by atoms with Gasteiger partial charge < -0.3 is 14.2 Å². The minimum absolute atomic E-state index is 0.00747. The van der Waals surface area contributed by atoms with E-state index >= 15 is 0 Å². The number of carbonyl (C=O) groups excluding carboxylic acids is 2. The van der Waals surface area contributed by atoms with Crippen LogP contribution in [0.3, 0.4) is 0 Å². The molecule has 2 aromatic carbocycles. The van der Waals surface area contributed by atoms with Gasteiger partial charge in [0.05, 0.1) is 13.0 Å². The molecule has 0 amide bonds. The second kappa shape index (κ2) is 8.29. The van der Waals surface area contributed by atoms with E-state index in [-0.39, 0.29) is 32.0 Å². The quantitative estimate of drug-likeness (QED) is 0.560. The number of hydrogen-bond donors (Lipinski definition) is 0. The van der Waals surface area contributed by atoms with Gasteiger partial charge in [0.25, 0.3) is 0 Å². The molecule has 136 valence electrons. The van der Waals surface area contributed by atoms with E-state index in [1.54, 1.807) is 12.1 Å². The highest BCUT2D eigenvalue weighted by Gasteiger charge is 2.18. The van der Waals surface area contributed by atoms with Gasteiger partial charge in [0.2, 0.25) is 0 Å². The molecular formula is C19H16ClFO5. The van der Waals surface area contributed by atoms with Crippen molar-refractivity contribution in [1.82, 2.24) is 0 Å². The summed E-state index contributed by atoms with van der Waals surface area (Å²) in [7, 11) is 0. The first-order valence-electron chi connectivity index (χ1n) is 7.99. The van der Waals surface area contributed by atoms with Crippen LogP contribution in [0, 0.1) is 5.82 Å². The number of halogens is 2. The van der Waals surface area contributed by atoms with E-state index in [4.69, 9.17) is 25.8 Å². The maximum absolute atomic E-state index is 12.9. The Kier molecular flexibility index (Phi) is 5.85. The molecule has 0 N–H and O–H groups in total. The van der Waals surface area contributed by atoms with Gasteiger partial charge >= 0.3 is 5.97 Å². The SMILES string of the molecule is O=C(CCC(=O)c1ccc(F)cc1)OCc1cc(Cl)cc2c1OCOC2.